The van der Waals surface area contributed by atoms with Crippen molar-refractivity contribution in [1.29, 1.82) is 0 Å². The second kappa shape index (κ2) is 4.34. The Bertz CT molecular complexity index is 530. The van der Waals surface area contributed by atoms with Gasteiger partial charge >= 0.3 is 0 Å². The van der Waals surface area contributed by atoms with Crippen molar-refractivity contribution in [3.8, 4) is 0 Å². The first-order chi connectivity index (χ1) is 8.06. The van der Waals surface area contributed by atoms with Crippen molar-refractivity contribution in [2.24, 2.45) is 5.73 Å². The maximum absolute atomic E-state index is 10.8. The van der Waals surface area contributed by atoms with E-state index >= 15 is 0 Å². The smallest absolute Gasteiger partial charge is 0.270 e. The predicted molar refractivity (Wildman–Crippen MR) is 54.8 cm³/mol. The molecule has 8 heteroatoms. The van der Waals surface area contributed by atoms with E-state index in [1.54, 1.807) is 6.92 Å². The minimum atomic E-state index is -0.768. The number of nitrogens with zero attached hydrogens (tertiary/aromatic N) is 4. The lowest BCUT2D eigenvalue weighted by molar-refractivity contribution is 0.0994. The minimum absolute atomic E-state index is 0.0836. The highest BCUT2D eigenvalue weighted by atomic mass is 16.4. The van der Waals surface area contributed by atoms with Crippen LogP contribution in [0.2, 0.25) is 0 Å². The molecule has 2 aromatic heterocycles. The number of amides is 1. The molecule has 0 radical (unpaired) electrons. The molecule has 2 aromatic rings. The third-order valence-electron chi connectivity index (χ3n) is 2.02. The van der Waals surface area contributed by atoms with Gasteiger partial charge in [-0.3, -0.25) is 4.79 Å². The zero-order valence-corrected chi connectivity index (χ0v) is 9.07. The van der Waals surface area contributed by atoms with Crippen molar-refractivity contribution >= 4 is 5.91 Å². The first kappa shape index (κ1) is 11.3. The number of nitrogens with two attached hydrogens (primary N) is 1. The molecular formula is C9H11N5O3. The monoisotopic (exact) mass is 237 g/mol. The molecule has 0 saturated carbocycles. The van der Waals surface area contributed by atoms with Gasteiger partial charge in [0.1, 0.15) is 18.4 Å². The molecule has 0 spiro atoms. The van der Waals surface area contributed by atoms with E-state index in [1.165, 1.54) is 17.2 Å². The van der Waals surface area contributed by atoms with E-state index in [-0.39, 0.29) is 18.1 Å². The van der Waals surface area contributed by atoms with E-state index in [0.717, 1.165) is 0 Å². The molecule has 0 saturated heterocycles. The van der Waals surface area contributed by atoms with Crippen LogP contribution in [0.5, 0.6) is 0 Å². The van der Waals surface area contributed by atoms with Gasteiger partial charge in [0, 0.05) is 0 Å². The van der Waals surface area contributed by atoms with E-state index < -0.39 is 12.0 Å². The van der Waals surface area contributed by atoms with Crippen LogP contribution in [0.1, 0.15) is 35.2 Å². The number of aromatic nitrogens is 4. The summed E-state index contributed by atoms with van der Waals surface area (Å²) in [6.45, 7) is 1.76. The Hall–Kier alpha value is -2.22. The van der Waals surface area contributed by atoms with E-state index in [9.17, 15) is 9.90 Å². The highest BCUT2D eigenvalue weighted by Gasteiger charge is 2.11. The van der Waals surface area contributed by atoms with Crippen LogP contribution in [0.3, 0.4) is 0 Å². The summed E-state index contributed by atoms with van der Waals surface area (Å²) in [7, 11) is 0. The number of carbonyl (C=O) groups is 1. The summed E-state index contributed by atoms with van der Waals surface area (Å²) in [5.74, 6) is 0.0632. The van der Waals surface area contributed by atoms with Crippen molar-refractivity contribution in [2.45, 2.75) is 19.6 Å². The average Bonchev–Trinajstić information content (AvgIpc) is 2.87. The lowest BCUT2D eigenvalue weighted by Crippen LogP contribution is -2.12. The Morgan fingerprint density at radius 1 is 1.65 bits per heavy atom. The lowest BCUT2D eigenvalue weighted by atomic mass is 10.4. The number of hydrogen-bond donors (Lipinski definition) is 2. The van der Waals surface area contributed by atoms with Crippen LogP contribution in [0, 0.1) is 0 Å². The minimum Gasteiger partial charge on any atom is -0.441 e. The van der Waals surface area contributed by atoms with E-state index in [1.807, 2.05) is 0 Å². The summed E-state index contributed by atoms with van der Waals surface area (Å²) < 4.78 is 5.24. The Labute approximate surface area is 96.1 Å². The van der Waals surface area contributed by atoms with Crippen LogP contribution in [0.4, 0.5) is 0 Å². The largest absolute Gasteiger partial charge is 0.441 e. The first-order valence-corrected chi connectivity index (χ1v) is 4.89. The van der Waals surface area contributed by atoms with Crippen LogP contribution in [-0.2, 0) is 6.54 Å². The molecule has 1 amide bonds. The molecule has 8 nitrogen and oxygen atoms in total. The molecule has 90 valence electrons. The number of primary amides is 1. The molecule has 0 aliphatic carbocycles. The fourth-order valence-electron chi connectivity index (χ4n) is 1.21. The van der Waals surface area contributed by atoms with Gasteiger partial charge in [-0.05, 0) is 6.92 Å². The molecule has 0 aliphatic heterocycles. The molecule has 0 bridgehead atoms. The summed E-state index contributed by atoms with van der Waals surface area (Å²) >= 11 is 0. The standard InChI is InChI=1S/C9H11N5O3/c1-5(15)9-11-2-6(17-9)4-14-12-3-7(13-14)8(10)16/h2-3,5,15H,4H2,1H3,(H2,10,16). The summed E-state index contributed by atoms with van der Waals surface area (Å²) in [6.07, 6.45) is 1.97. The number of carbonyl (C=O) groups excluding carboxylic acids is 1. The molecule has 2 heterocycles. The zero-order valence-electron chi connectivity index (χ0n) is 9.07. The van der Waals surface area contributed by atoms with E-state index in [0.29, 0.717) is 5.76 Å². The molecule has 1 unspecified atom stereocenters. The highest BCUT2D eigenvalue weighted by Crippen LogP contribution is 2.12. The summed E-state index contributed by atoms with van der Waals surface area (Å²) in [6, 6.07) is 0. The summed E-state index contributed by atoms with van der Waals surface area (Å²) in [5.41, 5.74) is 5.12. The van der Waals surface area contributed by atoms with Crippen molar-refractivity contribution < 1.29 is 14.3 Å². The predicted octanol–water partition coefficient (Wildman–Crippen LogP) is -0.533. The molecule has 0 fully saturated rings. The van der Waals surface area contributed by atoms with Crippen molar-refractivity contribution in [3.63, 3.8) is 0 Å². The summed E-state index contributed by atoms with van der Waals surface area (Å²) in [5, 5.41) is 16.9. The highest BCUT2D eigenvalue weighted by molar-refractivity contribution is 5.90. The fraction of sp³-hybridized carbons (Fsp3) is 0.333. The number of oxazole rings is 1. The fourth-order valence-corrected chi connectivity index (χ4v) is 1.21. The van der Waals surface area contributed by atoms with Crippen LogP contribution >= 0.6 is 0 Å². The maximum Gasteiger partial charge on any atom is 0.270 e. The van der Waals surface area contributed by atoms with E-state index in [2.05, 4.69) is 15.2 Å². The molecule has 0 aromatic carbocycles. The number of rotatable bonds is 4. The van der Waals surface area contributed by atoms with Gasteiger partial charge in [-0.25, -0.2) is 4.98 Å². The van der Waals surface area contributed by atoms with Gasteiger partial charge in [-0.15, -0.1) is 5.10 Å². The van der Waals surface area contributed by atoms with E-state index in [4.69, 9.17) is 10.2 Å². The van der Waals surface area contributed by atoms with Gasteiger partial charge in [0.25, 0.3) is 5.91 Å². The van der Waals surface area contributed by atoms with Crippen molar-refractivity contribution in [3.05, 3.63) is 29.7 Å². The van der Waals surface area contributed by atoms with Gasteiger partial charge in [-0.2, -0.15) is 9.90 Å². The van der Waals surface area contributed by atoms with Gasteiger partial charge < -0.3 is 15.3 Å². The number of aliphatic hydroxyl groups excluding tert-OH is 1. The lowest BCUT2D eigenvalue weighted by Gasteiger charge is -1.97. The number of aliphatic hydroxyl groups is 1. The third kappa shape index (κ3) is 2.48. The molecule has 0 aliphatic rings. The molecule has 3 N–H and O–H groups in total. The molecule has 17 heavy (non-hydrogen) atoms. The summed E-state index contributed by atoms with van der Waals surface area (Å²) in [4.78, 5) is 15.9. The second-order valence-electron chi connectivity index (χ2n) is 3.47. The Balaban J connectivity index is 2.11. The molecule has 2 rings (SSSR count). The van der Waals surface area contributed by atoms with Gasteiger partial charge in [-0.1, -0.05) is 0 Å². The Morgan fingerprint density at radius 2 is 2.41 bits per heavy atom. The van der Waals surface area contributed by atoms with Crippen LogP contribution in [0.15, 0.2) is 16.8 Å². The van der Waals surface area contributed by atoms with Gasteiger partial charge in [0.2, 0.25) is 5.89 Å². The van der Waals surface area contributed by atoms with Gasteiger partial charge in [0.15, 0.2) is 5.69 Å². The quantitative estimate of drug-likeness (QED) is 0.737. The normalized spacial score (nSPS) is 12.6. The van der Waals surface area contributed by atoms with Gasteiger partial charge in [0.05, 0.1) is 12.4 Å². The average molecular weight is 237 g/mol. The number of hydrogen-bond acceptors (Lipinski definition) is 6. The SMILES string of the molecule is CC(O)c1ncc(Cn2ncc(C(N)=O)n2)o1. The Morgan fingerprint density at radius 3 is 2.94 bits per heavy atom. The zero-order chi connectivity index (χ0) is 12.4. The topological polar surface area (TPSA) is 120 Å². The van der Waals surface area contributed by atoms with Crippen LogP contribution in [-0.4, -0.2) is 31.0 Å². The van der Waals surface area contributed by atoms with Crippen molar-refractivity contribution in [1.82, 2.24) is 20.0 Å². The second-order valence-corrected chi connectivity index (χ2v) is 3.47. The first-order valence-electron chi connectivity index (χ1n) is 4.89. The van der Waals surface area contributed by atoms with Crippen LogP contribution < -0.4 is 5.73 Å². The third-order valence-corrected chi connectivity index (χ3v) is 2.02. The maximum atomic E-state index is 10.8. The van der Waals surface area contributed by atoms with Crippen molar-refractivity contribution in [2.75, 3.05) is 0 Å². The molecular weight excluding hydrogens is 226 g/mol. The Kier molecular flexibility index (Phi) is 2.88. The van der Waals surface area contributed by atoms with Crippen LogP contribution in [0.25, 0.3) is 0 Å². The molecule has 1 atom stereocenters.